The lowest BCUT2D eigenvalue weighted by Gasteiger charge is -2.60. The van der Waals surface area contributed by atoms with Gasteiger partial charge in [-0.1, -0.05) is 19.9 Å². The Morgan fingerprint density at radius 3 is 2.75 bits per heavy atom. The van der Waals surface area contributed by atoms with Crippen LogP contribution >= 0.6 is 0 Å². The average Bonchev–Trinajstić information content (AvgIpc) is 3.28. The molecule has 28 heavy (non-hydrogen) atoms. The Labute approximate surface area is 167 Å². The lowest BCUT2D eigenvalue weighted by atomic mass is 9.47. The maximum absolute atomic E-state index is 12.2. The van der Waals surface area contributed by atoms with E-state index in [2.05, 4.69) is 35.4 Å². The van der Waals surface area contributed by atoms with Crippen LogP contribution in [0.15, 0.2) is 12.2 Å². The van der Waals surface area contributed by atoms with Gasteiger partial charge in [-0.3, -0.25) is 4.79 Å². The summed E-state index contributed by atoms with van der Waals surface area (Å²) in [4.78, 5) is 19.0. The van der Waals surface area contributed by atoms with Gasteiger partial charge in [0.1, 0.15) is 0 Å². The van der Waals surface area contributed by atoms with Crippen molar-refractivity contribution in [2.45, 2.75) is 64.3 Å². The van der Waals surface area contributed by atoms with E-state index in [-0.39, 0.29) is 16.7 Å². The predicted molar refractivity (Wildman–Crippen MR) is 109 cm³/mol. The molecule has 0 bridgehead atoms. The predicted octanol–water partition coefficient (Wildman–Crippen LogP) is 3.57. The zero-order valence-electron chi connectivity index (χ0n) is 17.5. The Balaban J connectivity index is 1.45. The van der Waals surface area contributed by atoms with E-state index in [1.165, 1.54) is 32.1 Å². The van der Waals surface area contributed by atoms with Crippen molar-refractivity contribution in [1.82, 2.24) is 20.1 Å². The van der Waals surface area contributed by atoms with Gasteiger partial charge < -0.3 is 10.2 Å². The summed E-state index contributed by atoms with van der Waals surface area (Å²) in [5.74, 6) is 4.55. The van der Waals surface area contributed by atoms with E-state index in [1.807, 2.05) is 25.1 Å². The van der Waals surface area contributed by atoms with Crippen molar-refractivity contribution in [1.29, 1.82) is 0 Å². The second-order valence-electron chi connectivity index (χ2n) is 10.1. The molecule has 3 saturated carbocycles. The molecule has 152 valence electrons. The number of rotatable bonds is 2. The Morgan fingerprint density at radius 2 is 2.00 bits per heavy atom. The first kappa shape index (κ1) is 18.2. The molecule has 1 aliphatic heterocycles. The highest BCUT2D eigenvalue weighted by Gasteiger charge is 2.61. The topological polar surface area (TPSA) is 73.9 Å². The second-order valence-corrected chi connectivity index (χ2v) is 10.1. The molecule has 2 N–H and O–H groups in total. The van der Waals surface area contributed by atoms with Gasteiger partial charge in [0.2, 0.25) is 11.9 Å². The third-order valence-corrected chi connectivity index (χ3v) is 9.18. The molecule has 5 rings (SSSR count). The Bertz CT molecular complexity index is 818. The molecule has 4 aliphatic rings. The smallest absolute Gasteiger partial charge is 0.246 e. The summed E-state index contributed by atoms with van der Waals surface area (Å²) in [5, 5.41) is 10.7. The van der Waals surface area contributed by atoms with Gasteiger partial charge in [-0.25, -0.2) is 5.10 Å². The van der Waals surface area contributed by atoms with Crippen LogP contribution in [0, 0.1) is 28.6 Å². The van der Waals surface area contributed by atoms with Crippen molar-refractivity contribution in [3.8, 4) is 0 Å². The van der Waals surface area contributed by atoms with Crippen molar-refractivity contribution < 1.29 is 4.79 Å². The SMILES string of the molecule is CNc1nc([C@H]2CC[C@H]3C4CC[C@H]5N(C)C(=O)C=C[C@]5(C)C4CC[C@]23C)n[nH]1. The van der Waals surface area contributed by atoms with Gasteiger partial charge in [0.15, 0.2) is 5.82 Å². The number of anilines is 1. The fraction of sp³-hybridized carbons (Fsp3) is 0.773. The molecule has 7 atom stereocenters. The first-order valence-corrected chi connectivity index (χ1v) is 10.9. The summed E-state index contributed by atoms with van der Waals surface area (Å²) < 4.78 is 0. The van der Waals surface area contributed by atoms with E-state index in [0.717, 1.165) is 30.0 Å². The molecule has 0 spiro atoms. The minimum absolute atomic E-state index is 0.120. The molecule has 0 radical (unpaired) electrons. The van der Waals surface area contributed by atoms with Gasteiger partial charge in [0, 0.05) is 31.5 Å². The van der Waals surface area contributed by atoms with Crippen molar-refractivity contribution in [3.05, 3.63) is 18.0 Å². The fourth-order valence-corrected chi connectivity index (χ4v) is 7.70. The Morgan fingerprint density at radius 1 is 1.18 bits per heavy atom. The van der Waals surface area contributed by atoms with Gasteiger partial charge in [-0.2, -0.15) is 10.1 Å². The summed E-state index contributed by atoms with van der Waals surface area (Å²) in [5.41, 5.74) is 0.409. The van der Waals surface area contributed by atoms with Crippen LogP contribution in [0.2, 0.25) is 0 Å². The molecule has 6 nitrogen and oxygen atoms in total. The van der Waals surface area contributed by atoms with Crippen molar-refractivity contribution in [2.24, 2.45) is 28.6 Å². The van der Waals surface area contributed by atoms with Crippen LogP contribution < -0.4 is 5.32 Å². The van der Waals surface area contributed by atoms with Crippen LogP contribution in [0.1, 0.15) is 64.1 Å². The van der Waals surface area contributed by atoms with E-state index in [9.17, 15) is 4.79 Å². The molecule has 2 unspecified atom stereocenters. The third kappa shape index (κ3) is 2.29. The monoisotopic (exact) mass is 383 g/mol. The standard InChI is InChI=1S/C22H33N5O/c1-21-11-9-15-13(5-8-17-22(15,2)12-10-18(28)27(17)4)14(21)6-7-16(21)19-24-20(23-3)26-25-19/h10,12-17H,5-9,11H2,1-4H3,(H2,23,24,25,26)/t13?,14-,15?,16+,17+,21-,22+/m0/s1. The van der Waals surface area contributed by atoms with Crippen molar-refractivity contribution in [2.75, 3.05) is 19.4 Å². The van der Waals surface area contributed by atoms with Crippen LogP contribution in [-0.4, -0.2) is 46.1 Å². The van der Waals surface area contributed by atoms with Crippen LogP contribution in [0.5, 0.6) is 0 Å². The van der Waals surface area contributed by atoms with E-state index in [4.69, 9.17) is 4.98 Å². The summed E-state index contributed by atoms with van der Waals surface area (Å²) in [6.45, 7) is 4.92. The highest BCUT2D eigenvalue weighted by Crippen LogP contribution is 2.67. The molecule has 3 fully saturated rings. The van der Waals surface area contributed by atoms with Gasteiger partial charge in [0.05, 0.1) is 0 Å². The summed E-state index contributed by atoms with van der Waals surface area (Å²) in [7, 11) is 3.88. The number of aromatic amines is 1. The van der Waals surface area contributed by atoms with Gasteiger partial charge in [0.25, 0.3) is 0 Å². The molecular weight excluding hydrogens is 350 g/mol. The highest BCUT2D eigenvalue weighted by molar-refractivity contribution is 5.89. The van der Waals surface area contributed by atoms with Crippen LogP contribution in [-0.2, 0) is 4.79 Å². The molecule has 1 amide bonds. The molecular formula is C22H33N5O. The van der Waals surface area contributed by atoms with E-state index < -0.39 is 0 Å². The zero-order chi connectivity index (χ0) is 19.7. The van der Waals surface area contributed by atoms with Gasteiger partial charge in [-0.05, 0) is 67.8 Å². The molecule has 1 aromatic heterocycles. The largest absolute Gasteiger partial charge is 0.358 e. The summed E-state index contributed by atoms with van der Waals surface area (Å²) >= 11 is 0. The molecule has 6 heteroatoms. The summed E-state index contributed by atoms with van der Waals surface area (Å²) in [6, 6.07) is 0.360. The first-order valence-electron chi connectivity index (χ1n) is 10.9. The number of H-pyrrole nitrogens is 1. The van der Waals surface area contributed by atoms with Crippen molar-refractivity contribution >= 4 is 11.9 Å². The average molecular weight is 384 g/mol. The first-order chi connectivity index (χ1) is 13.4. The van der Waals surface area contributed by atoms with Gasteiger partial charge in [-0.15, -0.1) is 0 Å². The molecule has 1 aromatic rings. The minimum atomic E-state index is 0.120. The lowest BCUT2D eigenvalue weighted by Crippen LogP contribution is -2.59. The number of nitrogens with one attached hydrogen (secondary N) is 2. The number of likely N-dealkylation sites (N-methyl/N-ethyl adjacent to an activating group) is 1. The number of fused-ring (bicyclic) bond motifs is 5. The second kappa shape index (κ2) is 6.07. The maximum atomic E-state index is 12.2. The number of amides is 1. The van der Waals surface area contributed by atoms with Crippen molar-refractivity contribution in [3.63, 3.8) is 0 Å². The fourth-order valence-electron chi connectivity index (χ4n) is 7.70. The zero-order valence-corrected chi connectivity index (χ0v) is 17.5. The molecule has 2 heterocycles. The molecule has 3 aliphatic carbocycles. The van der Waals surface area contributed by atoms with Gasteiger partial charge >= 0.3 is 0 Å². The van der Waals surface area contributed by atoms with E-state index in [1.54, 1.807) is 0 Å². The lowest BCUT2D eigenvalue weighted by molar-refractivity contribution is -0.138. The Hall–Kier alpha value is -1.85. The maximum Gasteiger partial charge on any atom is 0.246 e. The number of aromatic nitrogens is 3. The van der Waals surface area contributed by atoms with Crippen LogP contribution in [0.3, 0.4) is 0 Å². The van der Waals surface area contributed by atoms with E-state index >= 15 is 0 Å². The summed E-state index contributed by atoms with van der Waals surface area (Å²) in [6.07, 6.45) is 11.4. The van der Waals surface area contributed by atoms with Crippen LogP contribution in [0.4, 0.5) is 5.95 Å². The molecule has 0 saturated heterocycles. The number of nitrogens with zero attached hydrogens (tertiary/aromatic N) is 3. The Kier molecular flexibility index (Phi) is 3.95. The van der Waals surface area contributed by atoms with Crippen LogP contribution in [0.25, 0.3) is 0 Å². The minimum Gasteiger partial charge on any atom is -0.358 e. The molecule has 0 aromatic carbocycles. The quantitative estimate of drug-likeness (QED) is 0.819. The number of hydrogen-bond acceptors (Lipinski definition) is 4. The number of carbonyl (C=O) groups excluding carboxylic acids is 1. The number of hydrogen-bond donors (Lipinski definition) is 2. The normalized spacial score (nSPS) is 44.8. The number of carbonyl (C=O) groups is 1. The highest BCUT2D eigenvalue weighted by atomic mass is 16.2. The third-order valence-electron chi connectivity index (χ3n) is 9.18. The van der Waals surface area contributed by atoms with E-state index in [0.29, 0.717) is 17.9 Å².